The molecule has 1 atom stereocenters. The molecule has 0 aliphatic heterocycles. The van der Waals surface area contributed by atoms with Gasteiger partial charge in [-0.05, 0) is 59.9 Å². The highest BCUT2D eigenvalue weighted by Gasteiger charge is 2.33. The highest BCUT2D eigenvalue weighted by Crippen LogP contribution is 2.28. The molecule has 3 rings (SSSR count). The minimum absolute atomic E-state index is 0.0349. The van der Waals surface area contributed by atoms with Gasteiger partial charge in [-0.2, -0.15) is 0 Å². The lowest BCUT2D eigenvalue weighted by Gasteiger charge is -2.33. The lowest BCUT2D eigenvalue weighted by Crippen LogP contribution is -2.51. The molecule has 10 heteroatoms. The van der Waals surface area contributed by atoms with Gasteiger partial charge >= 0.3 is 0 Å². The zero-order chi connectivity index (χ0) is 28.7. The Balaban J connectivity index is 2.07. The third-order valence-electron chi connectivity index (χ3n) is 6.43. The molecule has 0 bridgehead atoms. The van der Waals surface area contributed by atoms with Gasteiger partial charge in [-0.3, -0.25) is 13.9 Å². The summed E-state index contributed by atoms with van der Waals surface area (Å²) < 4.78 is 28.7. The van der Waals surface area contributed by atoms with Gasteiger partial charge < -0.3 is 10.2 Å². The standard InChI is InChI=1S/C29H33Cl2N3O4S/c1-5-27(29(36)32-4)33(18-21-11-16-25(30)26(31)17-21)28(35)19-34(23-14-12-22(13-15-23)20(2)3)39(37,38)24-9-7-6-8-10-24/h6-17,20,27H,5,18-19H2,1-4H3,(H,32,36)/t27-/m0/s1. The van der Waals surface area contributed by atoms with E-state index in [1.165, 1.54) is 24.1 Å². The van der Waals surface area contributed by atoms with Gasteiger partial charge in [0, 0.05) is 13.6 Å². The highest BCUT2D eigenvalue weighted by molar-refractivity contribution is 7.92. The Labute approximate surface area is 240 Å². The number of likely N-dealkylation sites (N-methyl/N-ethyl adjacent to an activating group) is 1. The van der Waals surface area contributed by atoms with Crippen molar-refractivity contribution >= 4 is 50.7 Å². The zero-order valence-corrected chi connectivity index (χ0v) is 24.7. The van der Waals surface area contributed by atoms with Crippen LogP contribution in [0.15, 0.2) is 77.7 Å². The molecular formula is C29H33Cl2N3O4S. The second kappa shape index (κ2) is 13.3. The zero-order valence-electron chi connectivity index (χ0n) is 22.4. The van der Waals surface area contributed by atoms with Crippen LogP contribution in [-0.4, -0.2) is 44.8 Å². The van der Waals surface area contributed by atoms with Crippen molar-refractivity contribution < 1.29 is 18.0 Å². The molecule has 0 aliphatic rings. The first kappa shape index (κ1) is 30.5. The molecule has 0 heterocycles. The normalized spacial score (nSPS) is 12.2. The van der Waals surface area contributed by atoms with Crippen LogP contribution < -0.4 is 9.62 Å². The Morgan fingerprint density at radius 3 is 2.10 bits per heavy atom. The summed E-state index contributed by atoms with van der Waals surface area (Å²) in [5.74, 6) is -0.645. The first-order valence-electron chi connectivity index (χ1n) is 12.6. The number of nitrogens with one attached hydrogen (secondary N) is 1. The van der Waals surface area contributed by atoms with E-state index in [-0.39, 0.29) is 23.3 Å². The van der Waals surface area contributed by atoms with Gasteiger partial charge in [-0.15, -0.1) is 0 Å². The molecule has 7 nitrogen and oxygen atoms in total. The van der Waals surface area contributed by atoms with Gasteiger partial charge in [0.05, 0.1) is 20.6 Å². The average molecular weight is 591 g/mol. The molecule has 0 unspecified atom stereocenters. The minimum atomic E-state index is -4.11. The fourth-order valence-corrected chi connectivity index (χ4v) is 5.95. The van der Waals surface area contributed by atoms with E-state index in [2.05, 4.69) is 5.32 Å². The molecule has 2 amide bonds. The van der Waals surface area contributed by atoms with E-state index in [9.17, 15) is 18.0 Å². The molecule has 39 heavy (non-hydrogen) atoms. The summed E-state index contributed by atoms with van der Waals surface area (Å²) in [6, 6.07) is 19.2. The summed E-state index contributed by atoms with van der Waals surface area (Å²) in [6.07, 6.45) is 0.321. The molecule has 0 radical (unpaired) electrons. The van der Waals surface area contributed by atoms with Gasteiger partial charge in [0.15, 0.2) is 0 Å². The highest BCUT2D eigenvalue weighted by atomic mass is 35.5. The number of anilines is 1. The summed E-state index contributed by atoms with van der Waals surface area (Å²) in [5.41, 5.74) is 2.03. The number of sulfonamides is 1. The second-order valence-corrected chi connectivity index (χ2v) is 12.1. The summed E-state index contributed by atoms with van der Waals surface area (Å²) in [5, 5.41) is 3.28. The summed E-state index contributed by atoms with van der Waals surface area (Å²) in [7, 11) is -2.62. The summed E-state index contributed by atoms with van der Waals surface area (Å²) >= 11 is 12.3. The van der Waals surface area contributed by atoms with Crippen molar-refractivity contribution in [2.45, 2.75) is 50.6 Å². The van der Waals surface area contributed by atoms with E-state index < -0.39 is 28.5 Å². The fraction of sp³-hybridized carbons (Fsp3) is 0.310. The average Bonchev–Trinajstić information content (AvgIpc) is 2.93. The van der Waals surface area contributed by atoms with E-state index >= 15 is 0 Å². The van der Waals surface area contributed by atoms with Crippen molar-refractivity contribution in [3.05, 3.63) is 94.0 Å². The third-order valence-corrected chi connectivity index (χ3v) is 8.95. The number of rotatable bonds is 11. The van der Waals surface area contributed by atoms with E-state index in [1.54, 1.807) is 55.5 Å². The van der Waals surface area contributed by atoms with Crippen molar-refractivity contribution in [3.63, 3.8) is 0 Å². The molecule has 0 fully saturated rings. The van der Waals surface area contributed by atoms with Crippen LogP contribution in [0.1, 0.15) is 44.2 Å². The molecule has 3 aromatic rings. The molecule has 208 valence electrons. The largest absolute Gasteiger partial charge is 0.357 e. The third kappa shape index (κ3) is 7.32. The van der Waals surface area contributed by atoms with Gasteiger partial charge in [0.2, 0.25) is 11.8 Å². The second-order valence-electron chi connectivity index (χ2n) is 9.38. The number of hydrogen-bond donors (Lipinski definition) is 1. The quantitative estimate of drug-likeness (QED) is 0.303. The van der Waals surface area contributed by atoms with Gasteiger partial charge in [0.25, 0.3) is 10.0 Å². The fourth-order valence-electron chi connectivity index (χ4n) is 4.19. The first-order chi connectivity index (χ1) is 18.5. The van der Waals surface area contributed by atoms with Gasteiger partial charge in [-0.25, -0.2) is 8.42 Å². The molecule has 3 aromatic carbocycles. The van der Waals surface area contributed by atoms with Crippen LogP contribution in [0.4, 0.5) is 5.69 Å². The monoisotopic (exact) mass is 589 g/mol. The first-order valence-corrected chi connectivity index (χ1v) is 14.8. The molecule has 0 saturated heterocycles. The maximum absolute atomic E-state index is 13.9. The molecule has 0 spiro atoms. The lowest BCUT2D eigenvalue weighted by molar-refractivity contribution is -0.140. The van der Waals surface area contributed by atoms with Crippen LogP contribution in [0.25, 0.3) is 0 Å². The van der Waals surface area contributed by atoms with Crippen LogP contribution in [0.3, 0.4) is 0 Å². The van der Waals surface area contributed by atoms with Crippen LogP contribution >= 0.6 is 23.2 Å². The predicted octanol–water partition coefficient (Wildman–Crippen LogP) is 5.87. The SMILES string of the molecule is CC[C@@H](C(=O)NC)N(Cc1ccc(Cl)c(Cl)c1)C(=O)CN(c1ccc(C(C)C)cc1)S(=O)(=O)c1ccccc1. The number of nitrogens with zero attached hydrogens (tertiary/aromatic N) is 2. The summed E-state index contributed by atoms with van der Waals surface area (Å²) in [4.78, 5) is 28.2. The maximum Gasteiger partial charge on any atom is 0.264 e. The van der Waals surface area contributed by atoms with Crippen molar-refractivity contribution in [2.75, 3.05) is 17.9 Å². The maximum atomic E-state index is 13.9. The Morgan fingerprint density at radius 2 is 1.56 bits per heavy atom. The smallest absolute Gasteiger partial charge is 0.264 e. The van der Waals surface area contributed by atoms with Crippen LogP contribution in [0, 0.1) is 0 Å². The van der Waals surface area contributed by atoms with E-state index in [0.29, 0.717) is 27.7 Å². The Bertz CT molecular complexity index is 1400. The van der Waals surface area contributed by atoms with Gasteiger partial charge in [-0.1, -0.05) is 80.4 Å². The summed E-state index contributed by atoms with van der Waals surface area (Å²) in [6.45, 7) is 5.40. The Morgan fingerprint density at radius 1 is 0.923 bits per heavy atom. The number of carbonyl (C=O) groups excluding carboxylic acids is 2. The molecular weight excluding hydrogens is 557 g/mol. The van der Waals surface area contributed by atoms with E-state index in [0.717, 1.165) is 9.87 Å². The Hall–Kier alpha value is -3.07. The van der Waals surface area contributed by atoms with Crippen molar-refractivity contribution in [3.8, 4) is 0 Å². The van der Waals surface area contributed by atoms with Crippen LogP contribution in [0.2, 0.25) is 10.0 Å². The Kier molecular flexibility index (Phi) is 10.4. The van der Waals surface area contributed by atoms with Crippen LogP contribution in [0.5, 0.6) is 0 Å². The van der Waals surface area contributed by atoms with Crippen molar-refractivity contribution in [1.82, 2.24) is 10.2 Å². The number of hydrogen-bond acceptors (Lipinski definition) is 4. The van der Waals surface area contributed by atoms with Crippen molar-refractivity contribution in [1.29, 1.82) is 0 Å². The predicted molar refractivity (Wildman–Crippen MR) is 157 cm³/mol. The number of amides is 2. The van der Waals surface area contributed by atoms with Crippen LogP contribution in [-0.2, 0) is 26.2 Å². The lowest BCUT2D eigenvalue weighted by atomic mass is 10.0. The van der Waals surface area contributed by atoms with Crippen molar-refractivity contribution in [2.24, 2.45) is 0 Å². The minimum Gasteiger partial charge on any atom is -0.357 e. The van der Waals surface area contributed by atoms with E-state index in [1.807, 2.05) is 26.0 Å². The van der Waals surface area contributed by atoms with Gasteiger partial charge in [0.1, 0.15) is 12.6 Å². The molecule has 0 aliphatic carbocycles. The van der Waals surface area contributed by atoms with E-state index in [4.69, 9.17) is 23.2 Å². The number of benzene rings is 3. The molecule has 0 aromatic heterocycles. The number of halogens is 2. The molecule has 0 saturated carbocycles. The molecule has 1 N–H and O–H groups in total. The topological polar surface area (TPSA) is 86.8 Å². The number of carbonyl (C=O) groups is 2.